The van der Waals surface area contributed by atoms with Crippen LogP contribution in [0.15, 0.2) is 54.3 Å². The fraction of sp³-hybridized carbons (Fsp3) is 0.250. The number of anilines is 1. The van der Waals surface area contributed by atoms with E-state index in [9.17, 15) is 4.79 Å². The number of thiazole rings is 1. The molecule has 5 nitrogen and oxygen atoms in total. The maximum atomic E-state index is 13.2. The Morgan fingerprint density at radius 3 is 2.77 bits per heavy atom. The van der Waals surface area contributed by atoms with Crippen LogP contribution in [-0.4, -0.2) is 23.0 Å². The molecule has 2 heterocycles. The van der Waals surface area contributed by atoms with Gasteiger partial charge in [0.1, 0.15) is 5.75 Å². The molecular weight excluding hydrogens is 346 g/mol. The number of carbonyl (C=O) groups is 1. The molecule has 1 aliphatic rings. The van der Waals surface area contributed by atoms with E-state index in [1.807, 2.05) is 36.6 Å². The minimum absolute atomic E-state index is 0.0237. The van der Waals surface area contributed by atoms with Crippen LogP contribution in [0.5, 0.6) is 5.75 Å². The van der Waals surface area contributed by atoms with Crippen LogP contribution >= 0.6 is 11.3 Å². The van der Waals surface area contributed by atoms with Crippen LogP contribution in [0, 0.1) is 5.41 Å². The first-order valence-electron chi connectivity index (χ1n) is 8.39. The molecule has 26 heavy (non-hydrogen) atoms. The Kier molecular flexibility index (Phi) is 4.20. The number of nitrogens with one attached hydrogen (secondary N) is 1. The Hall–Kier alpha value is -2.73. The van der Waals surface area contributed by atoms with Crippen molar-refractivity contribution in [2.75, 3.05) is 12.4 Å². The van der Waals surface area contributed by atoms with E-state index in [1.165, 1.54) is 16.9 Å². The fourth-order valence-corrected chi connectivity index (χ4v) is 4.33. The van der Waals surface area contributed by atoms with Gasteiger partial charge in [0, 0.05) is 29.9 Å². The van der Waals surface area contributed by atoms with Gasteiger partial charge in [0.15, 0.2) is 5.13 Å². The van der Waals surface area contributed by atoms with Crippen molar-refractivity contribution in [2.45, 2.75) is 19.3 Å². The van der Waals surface area contributed by atoms with E-state index in [1.54, 1.807) is 25.7 Å². The normalized spacial score (nSPS) is 21.2. The van der Waals surface area contributed by atoms with E-state index in [2.05, 4.69) is 21.4 Å². The third-order valence-corrected chi connectivity index (χ3v) is 5.76. The third kappa shape index (κ3) is 2.76. The molecule has 1 amide bonds. The third-order valence-electron chi connectivity index (χ3n) is 5.07. The van der Waals surface area contributed by atoms with Crippen molar-refractivity contribution in [1.82, 2.24) is 9.97 Å². The van der Waals surface area contributed by atoms with Gasteiger partial charge in [-0.1, -0.05) is 6.07 Å². The molecule has 1 aromatic carbocycles. The summed E-state index contributed by atoms with van der Waals surface area (Å²) >= 11 is 1.42. The zero-order valence-electron chi connectivity index (χ0n) is 14.6. The molecule has 6 heteroatoms. The molecule has 0 bridgehead atoms. The van der Waals surface area contributed by atoms with Crippen molar-refractivity contribution in [1.29, 1.82) is 0 Å². The average Bonchev–Trinajstić information content (AvgIpc) is 3.27. The van der Waals surface area contributed by atoms with Gasteiger partial charge in [-0.15, -0.1) is 11.3 Å². The molecule has 0 saturated heterocycles. The zero-order valence-corrected chi connectivity index (χ0v) is 15.4. The van der Waals surface area contributed by atoms with E-state index in [4.69, 9.17) is 4.74 Å². The molecule has 0 fully saturated rings. The Labute approximate surface area is 156 Å². The summed E-state index contributed by atoms with van der Waals surface area (Å²) in [6, 6.07) is 10.0. The van der Waals surface area contributed by atoms with Gasteiger partial charge in [0.05, 0.1) is 12.5 Å². The molecule has 2 atom stereocenters. The summed E-state index contributed by atoms with van der Waals surface area (Å²) in [5.74, 6) is 0.701. The number of carbonyl (C=O) groups excluding carboxylic acids is 1. The van der Waals surface area contributed by atoms with Crippen molar-refractivity contribution in [2.24, 2.45) is 5.41 Å². The quantitative estimate of drug-likeness (QED) is 0.762. The van der Waals surface area contributed by atoms with Gasteiger partial charge in [-0.05, 0) is 54.3 Å². The molecular formula is C20H19N3O2S. The molecule has 3 aromatic rings. The van der Waals surface area contributed by atoms with Crippen LogP contribution in [0.4, 0.5) is 5.13 Å². The lowest BCUT2D eigenvalue weighted by molar-refractivity contribution is -0.125. The van der Waals surface area contributed by atoms with Crippen LogP contribution in [0.2, 0.25) is 0 Å². The number of fused-ring (bicyclic) bond motifs is 1. The van der Waals surface area contributed by atoms with Crippen molar-refractivity contribution in [3.63, 3.8) is 0 Å². The van der Waals surface area contributed by atoms with E-state index in [0.717, 1.165) is 16.9 Å². The second-order valence-corrected chi connectivity index (χ2v) is 7.56. The first kappa shape index (κ1) is 16.7. The first-order valence-corrected chi connectivity index (χ1v) is 9.27. The zero-order chi connectivity index (χ0) is 18.1. The highest BCUT2D eigenvalue weighted by Crippen LogP contribution is 2.52. The second-order valence-electron chi connectivity index (χ2n) is 6.66. The minimum Gasteiger partial charge on any atom is -0.497 e. The van der Waals surface area contributed by atoms with Gasteiger partial charge in [-0.25, -0.2) is 4.98 Å². The van der Waals surface area contributed by atoms with Gasteiger partial charge in [-0.3, -0.25) is 9.78 Å². The van der Waals surface area contributed by atoms with Crippen molar-refractivity contribution < 1.29 is 9.53 Å². The lowest BCUT2D eigenvalue weighted by atomic mass is 9.73. The van der Waals surface area contributed by atoms with E-state index in [0.29, 0.717) is 11.6 Å². The van der Waals surface area contributed by atoms with E-state index >= 15 is 0 Å². The smallest absolute Gasteiger partial charge is 0.233 e. The first-order chi connectivity index (χ1) is 12.6. The SMILES string of the molecule is COc1ccc2c(c1)[C@H](c1ccncc1)[C@](C)(C(=O)Nc1nccs1)C2. The Morgan fingerprint density at radius 2 is 2.08 bits per heavy atom. The summed E-state index contributed by atoms with van der Waals surface area (Å²) in [6.45, 7) is 2.02. The fourth-order valence-electron chi connectivity index (χ4n) is 3.81. The number of benzene rings is 1. The molecule has 0 radical (unpaired) electrons. The highest BCUT2D eigenvalue weighted by Gasteiger charge is 2.49. The van der Waals surface area contributed by atoms with Gasteiger partial charge in [0.2, 0.25) is 5.91 Å². The lowest BCUT2D eigenvalue weighted by Crippen LogP contribution is -2.37. The molecule has 4 rings (SSSR count). The summed E-state index contributed by atoms with van der Waals surface area (Å²) in [6.07, 6.45) is 5.90. The maximum Gasteiger partial charge on any atom is 0.233 e. The number of hydrogen-bond acceptors (Lipinski definition) is 5. The monoisotopic (exact) mass is 365 g/mol. The summed E-state index contributed by atoms with van der Waals surface area (Å²) < 4.78 is 5.42. The van der Waals surface area contributed by atoms with Crippen LogP contribution in [0.3, 0.4) is 0 Å². The maximum absolute atomic E-state index is 13.2. The summed E-state index contributed by atoms with van der Waals surface area (Å²) in [7, 11) is 1.66. The number of aromatic nitrogens is 2. The van der Waals surface area contributed by atoms with Crippen LogP contribution in [-0.2, 0) is 11.2 Å². The standard InChI is InChI=1S/C20H19N3O2S/c1-20(18(24)23-19-22-9-10-26-19)12-14-3-4-15(25-2)11-16(14)17(20)13-5-7-21-8-6-13/h3-11,17H,12H2,1-2H3,(H,22,23,24)/t17-,20+/m0/s1. The highest BCUT2D eigenvalue weighted by molar-refractivity contribution is 7.13. The van der Waals surface area contributed by atoms with Crippen LogP contribution < -0.4 is 10.1 Å². The molecule has 0 aliphatic heterocycles. The van der Waals surface area contributed by atoms with Gasteiger partial charge >= 0.3 is 0 Å². The van der Waals surface area contributed by atoms with Crippen LogP contribution in [0.25, 0.3) is 0 Å². The molecule has 0 spiro atoms. The number of rotatable bonds is 4. The summed E-state index contributed by atoms with van der Waals surface area (Å²) in [4.78, 5) is 21.6. The van der Waals surface area contributed by atoms with E-state index in [-0.39, 0.29) is 11.8 Å². The van der Waals surface area contributed by atoms with Crippen LogP contribution in [0.1, 0.15) is 29.5 Å². The number of methoxy groups -OCH3 is 1. The molecule has 0 unspecified atom stereocenters. The number of pyridine rings is 1. The van der Waals surface area contributed by atoms with Gasteiger partial charge in [0.25, 0.3) is 0 Å². The van der Waals surface area contributed by atoms with Gasteiger partial charge < -0.3 is 10.1 Å². The van der Waals surface area contributed by atoms with E-state index < -0.39 is 5.41 Å². The Morgan fingerprint density at radius 1 is 1.27 bits per heavy atom. The van der Waals surface area contributed by atoms with Crippen molar-refractivity contribution in [3.8, 4) is 5.75 Å². The number of ether oxygens (including phenoxy) is 1. The number of nitrogens with zero attached hydrogens (tertiary/aromatic N) is 2. The number of amides is 1. The molecule has 1 aliphatic carbocycles. The minimum atomic E-state index is -0.623. The predicted molar refractivity (Wildman–Crippen MR) is 102 cm³/mol. The molecule has 0 saturated carbocycles. The van der Waals surface area contributed by atoms with Crippen molar-refractivity contribution in [3.05, 3.63) is 71.0 Å². The van der Waals surface area contributed by atoms with Crippen molar-refractivity contribution >= 4 is 22.4 Å². The lowest BCUT2D eigenvalue weighted by Gasteiger charge is -2.30. The number of hydrogen-bond donors (Lipinski definition) is 1. The summed E-state index contributed by atoms with van der Waals surface area (Å²) in [5, 5.41) is 5.47. The molecule has 132 valence electrons. The summed E-state index contributed by atoms with van der Waals surface area (Å²) in [5.41, 5.74) is 2.75. The van der Waals surface area contributed by atoms with Gasteiger partial charge in [-0.2, -0.15) is 0 Å². The molecule has 2 aromatic heterocycles. The predicted octanol–water partition coefficient (Wildman–Crippen LogP) is 3.88. The average molecular weight is 365 g/mol. The second kappa shape index (κ2) is 6.53. The Balaban J connectivity index is 1.79. The highest BCUT2D eigenvalue weighted by atomic mass is 32.1. The molecule has 1 N–H and O–H groups in total. The Bertz CT molecular complexity index is 927. The largest absolute Gasteiger partial charge is 0.497 e. The topological polar surface area (TPSA) is 64.1 Å².